The third-order valence-corrected chi connectivity index (χ3v) is 13.9. The molecule has 12 rings (SSSR count). The van der Waals surface area contributed by atoms with Gasteiger partial charge in [0, 0.05) is 21.9 Å². The van der Waals surface area contributed by atoms with E-state index in [1.165, 1.54) is 48.5 Å². The van der Waals surface area contributed by atoms with E-state index in [9.17, 15) is 0 Å². The Kier molecular flexibility index (Phi) is 11.5. The smallest absolute Gasteiger partial charge is 0.147 e. The molecule has 0 atom stereocenters. The summed E-state index contributed by atoms with van der Waals surface area (Å²) in [5.41, 5.74) is 6.92. The molecule has 0 heterocycles. The Morgan fingerprint density at radius 3 is 1.01 bits per heavy atom. The highest BCUT2D eigenvalue weighted by Gasteiger charge is 2.29. The number of halogens is 6. The van der Waals surface area contributed by atoms with E-state index >= 15 is 26.3 Å². The Morgan fingerprint density at radius 2 is 0.608 bits per heavy atom. The molecule has 0 spiro atoms. The first-order valence-electron chi connectivity index (χ1n) is 24.1. The van der Waals surface area contributed by atoms with E-state index < -0.39 is 34.9 Å². The van der Waals surface area contributed by atoms with Crippen molar-refractivity contribution in [2.24, 2.45) is 0 Å². The zero-order chi connectivity index (χ0) is 50.8. The van der Waals surface area contributed by atoms with Gasteiger partial charge in [0.1, 0.15) is 34.9 Å². The van der Waals surface area contributed by atoms with E-state index in [2.05, 4.69) is 0 Å². The summed E-state index contributed by atoms with van der Waals surface area (Å²) in [6.45, 7) is 3.65. The minimum atomic E-state index is -0.673. The first-order chi connectivity index (χ1) is 36.0. The molecule has 0 saturated heterocycles. The minimum Gasteiger partial charge on any atom is -0.304 e. The molecule has 12 aromatic rings. The largest absolute Gasteiger partial charge is 0.304 e. The molecular weight excluding hydrogens is 935 g/mol. The van der Waals surface area contributed by atoms with Crippen molar-refractivity contribution < 1.29 is 26.3 Å². The van der Waals surface area contributed by atoms with Gasteiger partial charge in [-0.05, 0) is 165 Å². The van der Waals surface area contributed by atoms with E-state index in [-0.39, 0.29) is 33.9 Å². The maximum atomic E-state index is 16.9. The van der Waals surface area contributed by atoms with Crippen LogP contribution < -0.4 is 9.80 Å². The van der Waals surface area contributed by atoms with Crippen molar-refractivity contribution in [2.45, 2.75) is 13.8 Å². The van der Waals surface area contributed by atoms with Crippen LogP contribution in [-0.2, 0) is 0 Å². The predicted octanol–water partition coefficient (Wildman–Crippen LogP) is 19.6. The van der Waals surface area contributed by atoms with Crippen molar-refractivity contribution in [3.05, 3.63) is 264 Å². The van der Waals surface area contributed by atoms with Crippen LogP contribution in [0.5, 0.6) is 0 Å². The average Bonchev–Trinajstić information content (AvgIpc) is 3.43. The molecule has 0 aliphatic heterocycles. The fourth-order valence-corrected chi connectivity index (χ4v) is 10.4. The molecule has 0 aromatic heterocycles. The van der Waals surface area contributed by atoms with E-state index in [4.69, 9.17) is 0 Å². The third kappa shape index (κ3) is 8.05. The second kappa shape index (κ2) is 18.5. The van der Waals surface area contributed by atoms with Crippen molar-refractivity contribution in [2.75, 3.05) is 9.80 Å². The van der Waals surface area contributed by atoms with Crippen molar-refractivity contribution >= 4 is 66.4 Å². The molecule has 0 aliphatic carbocycles. The summed E-state index contributed by atoms with van der Waals surface area (Å²) < 4.78 is 99.0. The standard InChI is InChI=1S/C66H42F6N2/c1-39-19-25-55(69)61(31-39)73(63-35-45(23-29-57(63)71)51-33-43(21-27-53(51)67)41-11-5-3-6-12-41)59-37-47-15-10-18-50-60(38-48-16-9-17-49(59)65(48)66(47)50)74(62-32-40(2)20-26-56(62)70)64-36-46(24-30-58(64)72)52-34-44(22-28-54(52)68)42-13-7-4-8-14-42/h3-38H,1-2H3. The molecule has 2 nitrogen and oxygen atoms in total. The lowest BCUT2D eigenvalue weighted by molar-refractivity contribution is 0.618. The number of aryl methyl sites for hydroxylation is 2. The summed E-state index contributed by atoms with van der Waals surface area (Å²) in [6.07, 6.45) is 0. The topological polar surface area (TPSA) is 6.48 Å². The van der Waals surface area contributed by atoms with Gasteiger partial charge in [-0.3, -0.25) is 0 Å². The lowest BCUT2D eigenvalue weighted by atomic mass is 9.90. The normalized spacial score (nSPS) is 11.5. The second-order valence-electron chi connectivity index (χ2n) is 18.6. The summed E-state index contributed by atoms with van der Waals surface area (Å²) in [7, 11) is 0. The Labute approximate surface area is 423 Å². The first-order valence-corrected chi connectivity index (χ1v) is 24.1. The van der Waals surface area contributed by atoms with Crippen molar-refractivity contribution in [3.8, 4) is 44.5 Å². The highest BCUT2D eigenvalue weighted by molar-refractivity contribution is 6.29. The Balaban J connectivity index is 1.08. The lowest BCUT2D eigenvalue weighted by Crippen LogP contribution is -2.15. The number of benzene rings is 12. The van der Waals surface area contributed by atoms with E-state index in [1.807, 2.05) is 123 Å². The van der Waals surface area contributed by atoms with Crippen LogP contribution in [0.25, 0.3) is 76.8 Å². The summed E-state index contributed by atoms with van der Waals surface area (Å²) in [5, 5.41) is 4.03. The quantitative estimate of drug-likeness (QED) is 0.0995. The molecule has 0 unspecified atom stereocenters. The number of hydrogen-bond acceptors (Lipinski definition) is 2. The molecule has 358 valence electrons. The summed E-state index contributed by atoms with van der Waals surface area (Å²) >= 11 is 0. The second-order valence-corrected chi connectivity index (χ2v) is 18.6. The fourth-order valence-electron chi connectivity index (χ4n) is 10.4. The van der Waals surface area contributed by atoms with Crippen molar-refractivity contribution in [1.29, 1.82) is 0 Å². The molecule has 0 aliphatic rings. The van der Waals surface area contributed by atoms with E-state index in [0.29, 0.717) is 44.0 Å². The van der Waals surface area contributed by atoms with Crippen molar-refractivity contribution in [3.63, 3.8) is 0 Å². The number of nitrogens with zero attached hydrogens (tertiary/aromatic N) is 2. The summed E-state index contributed by atoms with van der Waals surface area (Å²) in [4.78, 5) is 3.09. The van der Waals surface area contributed by atoms with Crippen LogP contribution in [0, 0.1) is 48.8 Å². The molecule has 8 heteroatoms. The SMILES string of the molecule is Cc1ccc(F)c(N(c2cc(-c3cc(-c4ccccc4)ccc3F)ccc2F)c2cc3cccc4c(N(c5cc(C)ccc5F)c5cc(-c6cc(-c7ccccc7)ccc6F)ccc5F)cc5cccc2c5c34)c1. The highest BCUT2D eigenvalue weighted by atomic mass is 19.1. The molecule has 0 amide bonds. The molecule has 0 saturated carbocycles. The fraction of sp³-hybridized carbons (Fsp3) is 0.0303. The maximum Gasteiger partial charge on any atom is 0.147 e. The first kappa shape index (κ1) is 46.0. The predicted molar refractivity (Wildman–Crippen MR) is 290 cm³/mol. The zero-order valence-corrected chi connectivity index (χ0v) is 39.9. The van der Waals surface area contributed by atoms with Gasteiger partial charge in [0.2, 0.25) is 0 Å². The highest BCUT2D eigenvalue weighted by Crippen LogP contribution is 2.51. The van der Waals surface area contributed by atoms with Crippen LogP contribution in [-0.4, -0.2) is 0 Å². The van der Waals surface area contributed by atoms with Gasteiger partial charge in [0.05, 0.1) is 34.1 Å². The Hall–Kier alpha value is -9.14. The van der Waals surface area contributed by atoms with Crippen LogP contribution in [0.15, 0.2) is 218 Å². The number of anilines is 6. The van der Waals surface area contributed by atoms with Crippen LogP contribution in [0.3, 0.4) is 0 Å². The van der Waals surface area contributed by atoms with Gasteiger partial charge in [0.15, 0.2) is 0 Å². The van der Waals surface area contributed by atoms with Crippen LogP contribution >= 0.6 is 0 Å². The third-order valence-electron chi connectivity index (χ3n) is 13.9. The number of rotatable bonds is 10. The molecule has 0 fully saturated rings. The molecule has 0 bridgehead atoms. The Bertz CT molecular complexity index is 3870. The molecule has 12 aromatic carbocycles. The minimum absolute atomic E-state index is 0.0193. The Morgan fingerprint density at radius 1 is 0.257 bits per heavy atom. The molecule has 74 heavy (non-hydrogen) atoms. The van der Waals surface area contributed by atoms with Crippen molar-refractivity contribution in [1.82, 2.24) is 0 Å². The van der Waals surface area contributed by atoms with Gasteiger partial charge in [0.25, 0.3) is 0 Å². The van der Waals surface area contributed by atoms with Crippen LogP contribution in [0.2, 0.25) is 0 Å². The average molecular weight is 977 g/mol. The van der Waals surface area contributed by atoms with Gasteiger partial charge >= 0.3 is 0 Å². The van der Waals surface area contributed by atoms with Gasteiger partial charge in [-0.2, -0.15) is 0 Å². The van der Waals surface area contributed by atoms with Crippen LogP contribution in [0.1, 0.15) is 11.1 Å². The molecular formula is C66H42F6N2. The van der Waals surface area contributed by atoms with E-state index in [0.717, 1.165) is 44.2 Å². The molecule has 0 radical (unpaired) electrons. The summed E-state index contributed by atoms with van der Waals surface area (Å²) in [5.74, 6) is -3.59. The van der Waals surface area contributed by atoms with Crippen LogP contribution in [0.4, 0.5) is 60.5 Å². The van der Waals surface area contributed by atoms with Gasteiger partial charge < -0.3 is 9.80 Å². The number of hydrogen-bond donors (Lipinski definition) is 0. The maximum absolute atomic E-state index is 16.9. The zero-order valence-electron chi connectivity index (χ0n) is 39.9. The molecule has 0 N–H and O–H groups in total. The van der Waals surface area contributed by atoms with Gasteiger partial charge in [-0.15, -0.1) is 0 Å². The monoisotopic (exact) mass is 976 g/mol. The van der Waals surface area contributed by atoms with E-state index in [1.54, 1.807) is 70.5 Å². The lowest BCUT2D eigenvalue weighted by Gasteiger charge is -2.31. The van der Waals surface area contributed by atoms with Gasteiger partial charge in [-0.1, -0.05) is 133 Å². The summed E-state index contributed by atoms with van der Waals surface area (Å²) in [6, 6.07) is 61.6. The van der Waals surface area contributed by atoms with Gasteiger partial charge in [-0.25, -0.2) is 26.3 Å².